The third-order valence-electron chi connectivity index (χ3n) is 1.56. The van der Waals surface area contributed by atoms with Gasteiger partial charge in [-0.25, -0.2) is 9.48 Å². The van der Waals surface area contributed by atoms with Crippen molar-refractivity contribution in [2.45, 2.75) is 13.2 Å². The summed E-state index contributed by atoms with van der Waals surface area (Å²) in [6.45, 7) is 1.72. The van der Waals surface area contributed by atoms with E-state index < -0.39 is 0 Å². The maximum atomic E-state index is 9.87. The lowest BCUT2D eigenvalue weighted by Crippen LogP contribution is -2.17. The summed E-state index contributed by atoms with van der Waals surface area (Å²) in [5, 5.41) is 3.94. The molecule has 0 aliphatic carbocycles. The molecule has 0 bridgehead atoms. The molecule has 1 aliphatic rings. The molecule has 0 saturated heterocycles. The van der Waals surface area contributed by atoms with E-state index in [0.29, 0.717) is 25.6 Å². The fraction of sp³-hybridized carbons (Fsp3) is 0.500. The molecule has 0 atom stereocenters. The van der Waals surface area contributed by atoms with Crippen molar-refractivity contribution in [2.75, 3.05) is 6.61 Å². The molecule has 0 fully saturated rings. The van der Waals surface area contributed by atoms with Crippen LogP contribution in [0.3, 0.4) is 0 Å². The first kappa shape index (κ1) is 7.15. The van der Waals surface area contributed by atoms with Crippen LogP contribution in [-0.2, 0) is 22.7 Å². The normalized spacial score (nSPS) is 15.0. The Kier molecular flexibility index (Phi) is 1.69. The Morgan fingerprint density at radius 2 is 2.58 bits per heavy atom. The molecule has 6 nitrogen and oxygen atoms in total. The standard InChI is InChI=1S/C6H6N4O2/c11-4-7-6-8-5-3-12-2-1-10(5)9-6/h1-3H2. The first-order chi connectivity index (χ1) is 5.90. The molecule has 0 radical (unpaired) electrons. The minimum atomic E-state index is 0.158. The molecule has 0 N–H and O–H groups in total. The highest BCUT2D eigenvalue weighted by Gasteiger charge is 2.13. The van der Waals surface area contributed by atoms with Crippen molar-refractivity contribution in [1.29, 1.82) is 0 Å². The van der Waals surface area contributed by atoms with Gasteiger partial charge in [0.15, 0.2) is 5.82 Å². The molecule has 0 unspecified atom stereocenters. The van der Waals surface area contributed by atoms with E-state index in [1.54, 1.807) is 4.68 Å². The molecule has 6 heteroatoms. The maximum Gasteiger partial charge on any atom is 0.279 e. The number of isocyanates is 1. The minimum Gasteiger partial charge on any atom is -0.372 e. The molecule has 0 aromatic carbocycles. The Morgan fingerprint density at radius 1 is 1.67 bits per heavy atom. The van der Waals surface area contributed by atoms with Gasteiger partial charge in [-0.15, -0.1) is 10.1 Å². The van der Waals surface area contributed by atoms with Gasteiger partial charge in [0.05, 0.1) is 13.2 Å². The molecule has 0 amide bonds. The van der Waals surface area contributed by atoms with Crippen molar-refractivity contribution in [3.63, 3.8) is 0 Å². The predicted octanol–water partition coefficient (Wildman–Crippen LogP) is -0.224. The van der Waals surface area contributed by atoms with Gasteiger partial charge in [-0.1, -0.05) is 0 Å². The molecule has 2 rings (SSSR count). The van der Waals surface area contributed by atoms with Crippen molar-refractivity contribution in [3.8, 4) is 0 Å². The van der Waals surface area contributed by atoms with E-state index in [9.17, 15) is 4.79 Å². The summed E-state index contributed by atoms with van der Waals surface area (Å²) in [4.78, 5) is 17.1. The zero-order valence-electron chi connectivity index (χ0n) is 6.23. The lowest BCUT2D eigenvalue weighted by atomic mass is 10.5. The largest absolute Gasteiger partial charge is 0.372 e. The molecular weight excluding hydrogens is 160 g/mol. The summed E-state index contributed by atoms with van der Waals surface area (Å²) in [5.41, 5.74) is 0. The van der Waals surface area contributed by atoms with Gasteiger partial charge in [0, 0.05) is 0 Å². The average molecular weight is 166 g/mol. The quantitative estimate of drug-likeness (QED) is 0.427. The van der Waals surface area contributed by atoms with Crippen LogP contribution in [0.2, 0.25) is 0 Å². The summed E-state index contributed by atoms with van der Waals surface area (Å²) in [5.74, 6) is 0.862. The van der Waals surface area contributed by atoms with Crippen LogP contribution in [0, 0.1) is 0 Å². The lowest BCUT2D eigenvalue weighted by molar-refractivity contribution is 0.0769. The summed E-state index contributed by atoms with van der Waals surface area (Å²) in [6.07, 6.45) is 1.39. The van der Waals surface area contributed by atoms with Crippen molar-refractivity contribution < 1.29 is 9.53 Å². The second-order valence-corrected chi connectivity index (χ2v) is 2.31. The van der Waals surface area contributed by atoms with Gasteiger partial charge >= 0.3 is 0 Å². The van der Waals surface area contributed by atoms with Crippen LogP contribution in [0.15, 0.2) is 4.99 Å². The predicted molar refractivity (Wildman–Crippen MR) is 37.5 cm³/mol. The van der Waals surface area contributed by atoms with Gasteiger partial charge in [0.25, 0.3) is 5.95 Å². The molecule has 0 saturated carbocycles. The van der Waals surface area contributed by atoms with Gasteiger partial charge in [0.2, 0.25) is 6.08 Å². The van der Waals surface area contributed by atoms with Crippen LogP contribution in [0.25, 0.3) is 0 Å². The second-order valence-electron chi connectivity index (χ2n) is 2.31. The Bertz CT molecular complexity index is 316. The van der Waals surface area contributed by atoms with Crippen molar-refractivity contribution in [1.82, 2.24) is 14.8 Å². The summed E-state index contributed by atoms with van der Waals surface area (Å²) < 4.78 is 6.80. The molecule has 0 spiro atoms. The van der Waals surface area contributed by atoms with Crippen molar-refractivity contribution >= 4 is 12.0 Å². The summed E-state index contributed by atoms with van der Waals surface area (Å²) in [7, 11) is 0. The number of aromatic nitrogens is 3. The topological polar surface area (TPSA) is 69.4 Å². The molecule has 62 valence electrons. The van der Waals surface area contributed by atoms with Gasteiger partial charge < -0.3 is 4.74 Å². The van der Waals surface area contributed by atoms with Crippen LogP contribution >= 0.6 is 0 Å². The highest BCUT2D eigenvalue weighted by Crippen LogP contribution is 2.10. The number of rotatable bonds is 1. The van der Waals surface area contributed by atoms with Gasteiger partial charge in [-0.2, -0.15) is 4.98 Å². The number of carbonyl (C=O) groups excluding carboxylic acids is 1. The number of hydrogen-bond acceptors (Lipinski definition) is 5. The molecular formula is C6H6N4O2. The first-order valence-electron chi connectivity index (χ1n) is 3.49. The van der Waals surface area contributed by atoms with E-state index in [2.05, 4.69) is 15.1 Å². The Balaban J connectivity index is 2.37. The molecule has 12 heavy (non-hydrogen) atoms. The maximum absolute atomic E-state index is 9.87. The fourth-order valence-electron chi connectivity index (χ4n) is 1.05. The Labute approximate surface area is 67.9 Å². The smallest absolute Gasteiger partial charge is 0.279 e. The third kappa shape index (κ3) is 1.13. The van der Waals surface area contributed by atoms with Crippen molar-refractivity contribution in [3.05, 3.63) is 5.82 Å². The molecule has 2 heterocycles. The van der Waals surface area contributed by atoms with Crippen LogP contribution in [0.4, 0.5) is 5.95 Å². The van der Waals surface area contributed by atoms with Gasteiger partial charge in [-0.05, 0) is 0 Å². The highest BCUT2D eigenvalue weighted by molar-refractivity contribution is 5.40. The number of ether oxygens (including phenoxy) is 1. The molecule has 1 aliphatic heterocycles. The van der Waals surface area contributed by atoms with Gasteiger partial charge in [-0.3, -0.25) is 0 Å². The molecule has 1 aromatic rings. The lowest BCUT2D eigenvalue weighted by Gasteiger charge is -2.11. The Hall–Kier alpha value is -1.52. The summed E-state index contributed by atoms with van der Waals surface area (Å²) >= 11 is 0. The van der Waals surface area contributed by atoms with Crippen LogP contribution < -0.4 is 0 Å². The van der Waals surface area contributed by atoms with E-state index in [0.717, 1.165) is 0 Å². The third-order valence-corrected chi connectivity index (χ3v) is 1.56. The number of aliphatic imine (C=N–C) groups is 1. The average Bonchev–Trinajstić information content (AvgIpc) is 2.47. The van der Waals surface area contributed by atoms with E-state index in [1.807, 2.05) is 0 Å². The van der Waals surface area contributed by atoms with E-state index in [1.165, 1.54) is 6.08 Å². The van der Waals surface area contributed by atoms with Crippen molar-refractivity contribution in [2.24, 2.45) is 4.99 Å². The number of nitrogens with zero attached hydrogens (tertiary/aromatic N) is 4. The Morgan fingerprint density at radius 3 is 3.33 bits per heavy atom. The molecule has 1 aromatic heterocycles. The highest BCUT2D eigenvalue weighted by atomic mass is 16.5. The zero-order chi connectivity index (χ0) is 8.39. The summed E-state index contributed by atoms with van der Waals surface area (Å²) in [6, 6.07) is 0. The van der Waals surface area contributed by atoms with Crippen LogP contribution in [-0.4, -0.2) is 27.5 Å². The minimum absolute atomic E-state index is 0.158. The monoisotopic (exact) mass is 166 g/mol. The first-order valence-corrected chi connectivity index (χ1v) is 3.49. The number of hydrogen-bond donors (Lipinski definition) is 0. The van der Waals surface area contributed by atoms with Gasteiger partial charge in [0.1, 0.15) is 6.61 Å². The van der Waals surface area contributed by atoms with Crippen LogP contribution in [0.5, 0.6) is 0 Å². The second kappa shape index (κ2) is 2.84. The fourth-order valence-corrected chi connectivity index (χ4v) is 1.05. The zero-order valence-corrected chi connectivity index (χ0v) is 6.23. The van der Waals surface area contributed by atoms with E-state index >= 15 is 0 Å². The van der Waals surface area contributed by atoms with E-state index in [4.69, 9.17) is 4.74 Å². The van der Waals surface area contributed by atoms with Crippen LogP contribution in [0.1, 0.15) is 5.82 Å². The SMILES string of the molecule is O=C=Nc1nc2n(n1)CCOC2. The number of fused-ring (bicyclic) bond motifs is 1. The van der Waals surface area contributed by atoms with E-state index in [-0.39, 0.29) is 5.95 Å².